The Bertz CT molecular complexity index is 202. The first-order chi connectivity index (χ1) is 5.86. The van der Waals surface area contributed by atoms with Gasteiger partial charge in [-0.25, -0.2) is 0 Å². The molecule has 0 aromatic heterocycles. The molecule has 2 heteroatoms. The van der Waals surface area contributed by atoms with Crippen LogP contribution in [0.25, 0.3) is 0 Å². The second kappa shape index (κ2) is 4.97. The first-order valence-electron chi connectivity index (χ1n) is 4.19. The van der Waals surface area contributed by atoms with Crippen LogP contribution in [0.4, 0.5) is 0 Å². The lowest BCUT2D eigenvalue weighted by Crippen LogP contribution is -2.29. The summed E-state index contributed by atoms with van der Waals surface area (Å²) in [7, 11) is 1.73. The summed E-state index contributed by atoms with van der Waals surface area (Å²) in [5.41, 5.74) is 1.39. The van der Waals surface area contributed by atoms with Gasteiger partial charge in [0.15, 0.2) is 0 Å². The van der Waals surface area contributed by atoms with Crippen molar-refractivity contribution in [2.75, 3.05) is 33.4 Å². The van der Waals surface area contributed by atoms with Crippen LogP contribution in [0.5, 0.6) is 0 Å². The SMILES string of the molecule is C#CCN1CC=C(COC)CC1. The van der Waals surface area contributed by atoms with Gasteiger partial charge >= 0.3 is 0 Å². The van der Waals surface area contributed by atoms with Crippen LogP contribution in [0.3, 0.4) is 0 Å². The molecule has 0 unspecified atom stereocenters. The van der Waals surface area contributed by atoms with Crippen molar-refractivity contribution in [3.05, 3.63) is 11.6 Å². The van der Waals surface area contributed by atoms with Gasteiger partial charge in [-0.15, -0.1) is 6.42 Å². The number of hydrogen-bond donors (Lipinski definition) is 0. The van der Waals surface area contributed by atoms with E-state index in [9.17, 15) is 0 Å². The van der Waals surface area contributed by atoms with Crippen molar-refractivity contribution in [3.8, 4) is 12.3 Å². The van der Waals surface area contributed by atoms with Gasteiger partial charge in [0.1, 0.15) is 0 Å². The fourth-order valence-electron chi connectivity index (χ4n) is 1.34. The van der Waals surface area contributed by atoms with Crippen LogP contribution in [0, 0.1) is 12.3 Å². The fourth-order valence-corrected chi connectivity index (χ4v) is 1.34. The Labute approximate surface area is 74.2 Å². The van der Waals surface area contributed by atoms with Gasteiger partial charge < -0.3 is 4.74 Å². The molecule has 0 bridgehead atoms. The summed E-state index contributed by atoms with van der Waals surface area (Å²) < 4.78 is 5.05. The Morgan fingerprint density at radius 3 is 3.08 bits per heavy atom. The molecule has 1 aliphatic heterocycles. The van der Waals surface area contributed by atoms with E-state index >= 15 is 0 Å². The van der Waals surface area contributed by atoms with E-state index in [-0.39, 0.29) is 0 Å². The average molecular weight is 165 g/mol. The summed E-state index contributed by atoms with van der Waals surface area (Å²) >= 11 is 0. The van der Waals surface area contributed by atoms with E-state index in [1.165, 1.54) is 5.57 Å². The zero-order valence-corrected chi connectivity index (χ0v) is 7.55. The fraction of sp³-hybridized carbons (Fsp3) is 0.600. The lowest BCUT2D eigenvalue weighted by molar-refractivity contribution is 0.214. The maximum atomic E-state index is 5.22. The van der Waals surface area contributed by atoms with Crippen LogP contribution in [-0.4, -0.2) is 38.3 Å². The van der Waals surface area contributed by atoms with Gasteiger partial charge in [0.05, 0.1) is 13.2 Å². The highest BCUT2D eigenvalue weighted by atomic mass is 16.5. The highest BCUT2D eigenvalue weighted by molar-refractivity contribution is 5.08. The second-order valence-electron chi connectivity index (χ2n) is 2.98. The highest BCUT2D eigenvalue weighted by Gasteiger charge is 2.09. The van der Waals surface area contributed by atoms with E-state index in [4.69, 9.17) is 11.2 Å². The van der Waals surface area contributed by atoms with Crippen LogP contribution < -0.4 is 0 Å². The van der Waals surface area contributed by atoms with Gasteiger partial charge in [-0.2, -0.15) is 0 Å². The Hall–Kier alpha value is -0.780. The summed E-state index contributed by atoms with van der Waals surface area (Å²) in [4.78, 5) is 2.25. The first-order valence-corrected chi connectivity index (χ1v) is 4.19. The van der Waals surface area contributed by atoms with Crippen LogP contribution in [0.15, 0.2) is 11.6 Å². The van der Waals surface area contributed by atoms with E-state index < -0.39 is 0 Å². The third-order valence-corrected chi connectivity index (χ3v) is 2.03. The molecule has 0 saturated carbocycles. The molecule has 0 N–H and O–H groups in total. The maximum absolute atomic E-state index is 5.22. The van der Waals surface area contributed by atoms with Gasteiger partial charge in [0.2, 0.25) is 0 Å². The highest BCUT2D eigenvalue weighted by Crippen LogP contribution is 2.09. The lowest BCUT2D eigenvalue weighted by atomic mass is 10.1. The van der Waals surface area contributed by atoms with Crippen molar-refractivity contribution in [2.24, 2.45) is 0 Å². The number of methoxy groups -OCH3 is 1. The van der Waals surface area contributed by atoms with E-state index in [1.807, 2.05) is 0 Å². The summed E-state index contributed by atoms with van der Waals surface area (Å²) in [5, 5.41) is 0. The predicted molar refractivity (Wildman–Crippen MR) is 49.8 cm³/mol. The smallest absolute Gasteiger partial charge is 0.0673 e. The topological polar surface area (TPSA) is 12.5 Å². The number of ether oxygens (including phenoxy) is 1. The molecule has 0 spiro atoms. The van der Waals surface area contributed by atoms with Crippen molar-refractivity contribution < 1.29 is 4.74 Å². The Kier molecular flexibility index (Phi) is 3.86. The molecule has 1 heterocycles. The molecule has 0 aromatic rings. The second-order valence-corrected chi connectivity index (χ2v) is 2.98. The summed E-state index contributed by atoms with van der Waals surface area (Å²) in [5.74, 6) is 2.65. The van der Waals surface area contributed by atoms with E-state index in [0.29, 0.717) is 0 Å². The van der Waals surface area contributed by atoms with Crippen LogP contribution in [-0.2, 0) is 4.74 Å². The lowest BCUT2D eigenvalue weighted by Gasteiger charge is -2.23. The Balaban J connectivity index is 2.32. The Morgan fingerprint density at radius 1 is 1.75 bits per heavy atom. The predicted octanol–water partition coefficient (Wildman–Crippen LogP) is 0.898. The zero-order chi connectivity index (χ0) is 8.81. The molecule has 0 radical (unpaired) electrons. The van der Waals surface area contributed by atoms with Gasteiger partial charge in [0.25, 0.3) is 0 Å². The molecule has 2 nitrogen and oxygen atoms in total. The summed E-state index contributed by atoms with van der Waals surface area (Å²) in [6.45, 7) is 3.57. The minimum absolute atomic E-state index is 0.761. The zero-order valence-electron chi connectivity index (χ0n) is 7.55. The molecule has 0 fully saturated rings. The Morgan fingerprint density at radius 2 is 2.58 bits per heavy atom. The van der Waals surface area contributed by atoms with Crippen molar-refractivity contribution in [3.63, 3.8) is 0 Å². The number of hydrogen-bond acceptors (Lipinski definition) is 2. The van der Waals surface area contributed by atoms with Gasteiger partial charge in [-0.05, 0) is 12.0 Å². The number of terminal acetylenes is 1. The van der Waals surface area contributed by atoms with E-state index in [0.717, 1.165) is 32.7 Å². The van der Waals surface area contributed by atoms with Crippen LogP contribution in [0.2, 0.25) is 0 Å². The van der Waals surface area contributed by atoms with Crippen molar-refractivity contribution >= 4 is 0 Å². The largest absolute Gasteiger partial charge is 0.380 e. The van der Waals surface area contributed by atoms with E-state index in [2.05, 4.69) is 16.9 Å². The van der Waals surface area contributed by atoms with Crippen molar-refractivity contribution in [2.45, 2.75) is 6.42 Å². The van der Waals surface area contributed by atoms with Crippen molar-refractivity contribution in [1.29, 1.82) is 0 Å². The quantitative estimate of drug-likeness (QED) is 0.455. The molecule has 1 rings (SSSR count). The molecule has 12 heavy (non-hydrogen) atoms. The van der Waals surface area contributed by atoms with Gasteiger partial charge in [-0.3, -0.25) is 4.90 Å². The van der Waals surface area contributed by atoms with Gasteiger partial charge in [0, 0.05) is 20.2 Å². The minimum Gasteiger partial charge on any atom is -0.380 e. The first kappa shape index (κ1) is 9.31. The molecular formula is C10H15NO. The average Bonchev–Trinajstić information content (AvgIpc) is 2.09. The van der Waals surface area contributed by atoms with Crippen LogP contribution in [0.1, 0.15) is 6.42 Å². The molecule has 0 saturated heterocycles. The molecule has 0 aliphatic carbocycles. The normalized spacial score (nSPS) is 18.5. The molecular weight excluding hydrogens is 150 g/mol. The molecule has 66 valence electrons. The minimum atomic E-state index is 0.761. The standard InChI is InChI=1S/C10H15NO/c1-3-6-11-7-4-10(5-8-11)9-12-2/h1,4H,5-9H2,2H3. The van der Waals surface area contributed by atoms with Crippen LogP contribution >= 0.6 is 0 Å². The number of nitrogens with zero attached hydrogens (tertiary/aromatic N) is 1. The molecule has 0 amide bonds. The van der Waals surface area contributed by atoms with Gasteiger partial charge in [-0.1, -0.05) is 12.0 Å². The number of rotatable bonds is 3. The van der Waals surface area contributed by atoms with Crippen molar-refractivity contribution in [1.82, 2.24) is 4.90 Å². The maximum Gasteiger partial charge on any atom is 0.0673 e. The molecule has 0 aromatic carbocycles. The summed E-state index contributed by atoms with van der Waals surface area (Å²) in [6.07, 6.45) is 8.52. The third kappa shape index (κ3) is 2.69. The monoisotopic (exact) mass is 165 g/mol. The van der Waals surface area contributed by atoms with E-state index in [1.54, 1.807) is 7.11 Å². The third-order valence-electron chi connectivity index (χ3n) is 2.03. The molecule has 1 aliphatic rings. The summed E-state index contributed by atoms with van der Waals surface area (Å²) in [6, 6.07) is 0. The molecule has 0 atom stereocenters.